The monoisotopic (exact) mass is 588 g/mol. The average molecular weight is 588 g/mol. The van der Waals surface area contributed by atoms with Gasteiger partial charge in [0, 0.05) is 0 Å². The smallest absolute Gasteiger partial charge is 0.512 e. The van der Waals surface area contributed by atoms with Crippen molar-refractivity contribution < 1.29 is 22.4 Å². The summed E-state index contributed by atoms with van der Waals surface area (Å²) >= 11 is 0. The summed E-state index contributed by atoms with van der Waals surface area (Å²) in [7, 11) is -1.91. The van der Waals surface area contributed by atoms with Gasteiger partial charge >= 0.3 is 22.4 Å². The SMILES string of the molecule is [Au+].[C-]#N.[C-]#N.c1ccc([P+](c2ccccc2)(c2ccccc2)c2ccccc2)cc1. The van der Waals surface area contributed by atoms with Crippen LogP contribution < -0.4 is 21.2 Å². The molecule has 0 spiro atoms. The van der Waals surface area contributed by atoms with Gasteiger partial charge in [0.05, 0.1) is 0 Å². The first-order valence-electron chi connectivity index (χ1n) is 8.98. The summed E-state index contributed by atoms with van der Waals surface area (Å²) in [5, 5.41) is 18.1. The van der Waals surface area contributed by atoms with Gasteiger partial charge in [-0.2, -0.15) is 0 Å². The molecule has 0 bridgehead atoms. The van der Waals surface area contributed by atoms with E-state index in [4.69, 9.17) is 23.7 Å². The van der Waals surface area contributed by atoms with Gasteiger partial charge < -0.3 is 23.7 Å². The molecule has 2 nitrogen and oxygen atoms in total. The Morgan fingerprint density at radius 3 is 0.700 bits per heavy atom. The van der Waals surface area contributed by atoms with E-state index in [0.29, 0.717) is 0 Å². The summed E-state index contributed by atoms with van der Waals surface area (Å²) in [5.41, 5.74) is 0. The predicted octanol–water partition coefficient (Wildman–Crippen LogP) is 4.50. The molecule has 0 N–H and O–H groups in total. The fraction of sp³-hybridized carbons (Fsp3) is 0. The molecule has 0 radical (unpaired) electrons. The number of hydrogen-bond acceptors (Lipinski definition) is 2. The first-order valence-corrected chi connectivity index (χ1v) is 10.8. The van der Waals surface area contributed by atoms with Gasteiger partial charge in [-0.1, -0.05) is 72.8 Å². The van der Waals surface area contributed by atoms with Gasteiger partial charge in [-0.05, 0) is 48.5 Å². The number of nitrogens with zero attached hydrogens (tertiary/aromatic N) is 2. The van der Waals surface area contributed by atoms with Crippen LogP contribution in [-0.4, -0.2) is 0 Å². The van der Waals surface area contributed by atoms with E-state index >= 15 is 0 Å². The Bertz CT molecular complexity index is 849. The summed E-state index contributed by atoms with van der Waals surface area (Å²) in [4.78, 5) is 0. The second-order valence-electron chi connectivity index (χ2n) is 6.01. The van der Waals surface area contributed by atoms with E-state index in [2.05, 4.69) is 121 Å². The Hall–Kier alpha value is -2.97. The Morgan fingerprint density at radius 1 is 0.367 bits per heavy atom. The molecule has 0 aliphatic rings. The maximum absolute atomic E-state index is 6.25. The van der Waals surface area contributed by atoms with Crippen molar-refractivity contribution >= 4 is 28.5 Å². The standard InChI is InChI=1S/C24H20P.2CN.Au/c1-5-13-21(14-6-1)25(22-15-7-2-8-16-22,23-17-9-3-10-18-23)24-19-11-4-12-20-24;2*1-2;/h1-20H;;;/q+1;2*-1;+1. The maximum atomic E-state index is 6.25. The number of benzene rings is 4. The van der Waals surface area contributed by atoms with Crippen molar-refractivity contribution in [1.82, 2.24) is 0 Å². The fourth-order valence-electron chi connectivity index (χ4n) is 3.50. The molecule has 0 atom stereocenters. The fourth-order valence-corrected chi connectivity index (χ4v) is 7.77. The topological polar surface area (TPSA) is 47.6 Å². The summed E-state index contributed by atoms with van der Waals surface area (Å²) < 4.78 is 0. The zero-order valence-corrected chi connectivity index (χ0v) is 19.3. The van der Waals surface area contributed by atoms with Crippen LogP contribution in [0.5, 0.6) is 0 Å². The molecule has 4 aromatic carbocycles. The zero-order valence-electron chi connectivity index (χ0n) is 16.2. The van der Waals surface area contributed by atoms with Crippen molar-refractivity contribution in [2.75, 3.05) is 0 Å². The summed E-state index contributed by atoms with van der Waals surface area (Å²) in [6.45, 7) is 9.50. The third kappa shape index (κ3) is 5.14. The van der Waals surface area contributed by atoms with E-state index in [1.54, 1.807) is 0 Å². The van der Waals surface area contributed by atoms with Gasteiger partial charge in [0.1, 0.15) is 28.5 Å². The van der Waals surface area contributed by atoms with Crippen LogP contribution in [0.15, 0.2) is 121 Å². The maximum Gasteiger partial charge on any atom is 1.00 e. The van der Waals surface area contributed by atoms with Crippen LogP contribution in [0.1, 0.15) is 0 Å². The largest absolute Gasteiger partial charge is 1.00 e. The normalized spacial score (nSPS) is 9.47. The first-order chi connectivity index (χ1) is 14.4. The van der Waals surface area contributed by atoms with Gasteiger partial charge in [0.25, 0.3) is 0 Å². The van der Waals surface area contributed by atoms with Crippen molar-refractivity contribution in [1.29, 1.82) is 10.5 Å². The second-order valence-corrected chi connectivity index (χ2v) is 9.42. The third-order valence-corrected chi connectivity index (χ3v) is 8.86. The molecule has 4 rings (SSSR count). The zero-order chi connectivity index (χ0) is 21.0. The number of rotatable bonds is 4. The van der Waals surface area contributed by atoms with Crippen LogP contribution in [0, 0.1) is 23.7 Å². The van der Waals surface area contributed by atoms with E-state index in [-0.39, 0.29) is 22.4 Å². The van der Waals surface area contributed by atoms with Crippen molar-refractivity contribution in [2.45, 2.75) is 0 Å². The van der Waals surface area contributed by atoms with Crippen LogP contribution in [-0.2, 0) is 22.4 Å². The molecule has 150 valence electrons. The van der Waals surface area contributed by atoms with E-state index in [0.717, 1.165) is 0 Å². The molecule has 0 unspecified atom stereocenters. The first kappa shape index (κ1) is 25.1. The Labute approximate surface area is 195 Å². The van der Waals surface area contributed by atoms with E-state index in [1.807, 2.05) is 0 Å². The molecule has 0 amide bonds. The van der Waals surface area contributed by atoms with Gasteiger partial charge in [-0.3, -0.25) is 0 Å². The number of hydrogen-bond donors (Lipinski definition) is 0. The minimum absolute atomic E-state index is 0. The molecule has 0 aliphatic heterocycles. The molecule has 0 saturated heterocycles. The summed E-state index contributed by atoms with van der Waals surface area (Å²) in [5.74, 6) is 0. The summed E-state index contributed by atoms with van der Waals surface area (Å²) in [6, 6.07) is 43.8. The molecule has 0 saturated carbocycles. The van der Waals surface area contributed by atoms with Gasteiger partial charge in [-0.15, -0.1) is 0 Å². The molecular formula is C26H20AuN2P. The molecule has 0 fully saturated rings. The third-order valence-electron chi connectivity index (χ3n) is 4.57. The van der Waals surface area contributed by atoms with E-state index in [1.165, 1.54) is 21.2 Å². The van der Waals surface area contributed by atoms with Crippen LogP contribution in [0.25, 0.3) is 0 Å². The average Bonchev–Trinajstić information content (AvgIpc) is 2.85. The second kappa shape index (κ2) is 13.3. The Balaban J connectivity index is 0.000000851. The van der Waals surface area contributed by atoms with Crippen LogP contribution >= 0.6 is 7.26 Å². The van der Waals surface area contributed by atoms with Gasteiger partial charge in [0.15, 0.2) is 0 Å². The van der Waals surface area contributed by atoms with Gasteiger partial charge in [-0.25, -0.2) is 0 Å². The predicted molar refractivity (Wildman–Crippen MR) is 121 cm³/mol. The molecule has 0 aromatic heterocycles. The van der Waals surface area contributed by atoms with Crippen molar-refractivity contribution in [3.05, 3.63) is 134 Å². The van der Waals surface area contributed by atoms with Crippen LogP contribution in [0.4, 0.5) is 0 Å². The van der Waals surface area contributed by atoms with Gasteiger partial charge in [0.2, 0.25) is 0 Å². The molecule has 0 aliphatic carbocycles. The molecule has 30 heavy (non-hydrogen) atoms. The Kier molecular flexibility index (Phi) is 11.1. The minimum atomic E-state index is -1.91. The van der Waals surface area contributed by atoms with E-state index in [9.17, 15) is 0 Å². The van der Waals surface area contributed by atoms with Crippen molar-refractivity contribution in [3.63, 3.8) is 0 Å². The van der Waals surface area contributed by atoms with Crippen molar-refractivity contribution in [2.24, 2.45) is 0 Å². The molecule has 0 heterocycles. The van der Waals surface area contributed by atoms with E-state index < -0.39 is 7.26 Å². The summed E-state index contributed by atoms with van der Waals surface area (Å²) in [6.07, 6.45) is 0. The Morgan fingerprint density at radius 2 is 0.533 bits per heavy atom. The molecular weight excluding hydrogens is 568 g/mol. The van der Waals surface area contributed by atoms with Crippen LogP contribution in [0.2, 0.25) is 0 Å². The van der Waals surface area contributed by atoms with Crippen molar-refractivity contribution in [3.8, 4) is 0 Å². The molecule has 4 heteroatoms. The quantitative estimate of drug-likeness (QED) is 0.201. The molecule has 4 aromatic rings. The van der Waals surface area contributed by atoms with Crippen LogP contribution in [0.3, 0.4) is 0 Å². The minimum Gasteiger partial charge on any atom is -0.512 e.